The van der Waals surface area contributed by atoms with Gasteiger partial charge in [-0.15, -0.1) is 0 Å². The first-order valence-electron chi connectivity index (χ1n) is 8.17. The van der Waals surface area contributed by atoms with Crippen LogP contribution < -0.4 is 15.4 Å². The molecule has 1 amide bonds. The number of carbonyl (C=O) groups is 1. The molecule has 0 saturated carbocycles. The number of hydrogen-bond acceptors (Lipinski definition) is 4. The lowest BCUT2D eigenvalue weighted by atomic mass is 10.2. The van der Waals surface area contributed by atoms with Crippen LogP contribution in [0.5, 0.6) is 5.75 Å². The molecule has 26 heavy (non-hydrogen) atoms. The van der Waals surface area contributed by atoms with Crippen molar-refractivity contribution in [2.45, 2.75) is 6.92 Å². The summed E-state index contributed by atoms with van der Waals surface area (Å²) in [4.78, 5) is 16.5. The molecule has 3 aromatic rings. The number of hydrogen-bond donors (Lipinski definition) is 2. The third kappa shape index (κ3) is 4.52. The number of nitrogens with one attached hydrogen (secondary N) is 2. The number of amides is 1. The van der Waals surface area contributed by atoms with Gasteiger partial charge in [0.15, 0.2) is 0 Å². The molecule has 0 radical (unpaired) electrons. The van der Waals surface area contributed by atoms with E-state index in [2.05, 4.69) is 15.6 Å². The van der Waals surface area contributed by atoms with Gasteiger partial charge >= 0.3 is 0 Å². The van der Waals surface area contributed by atoms with Gasteiger partial charge in [-0.1, -0.05) is 23.7 Å². The summed E-state index contributed by atoms with van der Waals surface area (Å²) in [6.45, 7) is 2.58. The number of aromatic nitrogens is 1. The summed E-state index contributed by atoms with van der Waals surface area (Å²) in [5.41, 5.74) is 2.55. The molecule has 132 valence electrons. The van der Waals surface area contributed by atoms with Crippen LogP contribution in [0.15, 0.2) is 66.9 Å². The van der Waals surface area contributed by atoms with Gasteiger partial charge in [0, 0.05) is 5.69 Å². The van der Waals surface area contributed by atoms with Crippen LogP contribution in [-0.2, 0) is 0 Å². The van der Waals surface area contributed by atoms with E-state index >= 15 is 0 Å². The third-order valence-electron chi connectivity index (χ3n) is 3.57. The van der Waals surface area contributed by atoms with E-state index in [0.29, 0.717) is 23.0 Å². The Hall–Kier alpha value is -3.05. The highest BCUT2D eigenvalue weighted by Crippen LogP contribution is 2.22. The number of benzene rings is 2. The average molecular weight is 368 g/mol. The quantitative estimate of drug-likeness (QED) is 0.634. The number of ether oxygens (including phenoxy) is 1. The Bertz CT molecular complexity index is 880. The maximum Gasteiger partial charge on any atom is 0.274 e. The molecule has 0 fully saturated rings. The van der Waals surface area contributed by atoms with Crippen molar-refractivity contribution in [2.75, 3.05) is 17.2 Å². The van der Waals surface area contributed by atoms with Crippen LogP contribution in [0.2, 0.25) is 5.02 Å². The van der Waals surface area contributed by atoms with Crippen LogP contribution in [-0.4, -0.2) is 17.5 Å². The van der Waals surface area contributed by atoms with Crippen molar-refractivity contribution in [3.05, 3.63) is 77.6 Å². The minimum absolute atomic E-state index is 0.308. The molecule has 0 bridgehead atoms. The van der Waals surface area contributed by atoms with E-state index in [1.165, 1.54) is 0 Å². The first kappa shape index (κ1) is 17.8. The second-order valence-electron chi connectivity index (χ2n) is 5.45. The molecule has 6 heteroatoms. The number of para-hydroxylation sites is 1. The fourth-order valence-electron chi connectivity index (χ4n) is 2.32. The molecule has 3 rings (SSSR count). The summed E-state index contributed by atoms with van der Waals surface area (Å²) >= 11 is 6.05. The van der Waals surface area contributed by atoms with Crippen LogP contribution in [0.25, 0.3) is 0 Å². The van der Waals surface area contributed by atoms with Gasteiger partial charge in [0.1, 0.15) is 11.4 Å². The van der Waals surface area contributed by atoms with Crippen LogP contribution in [0, 0.1) is 0 Å². The van der Waals surface area contributed by atoms with Crippen LogP contribution in [0.3, 0.4) is 0 Å². The molecule has 0 aliphatic heterocycles. The lowest BCUT2D eigenvalue weighted by Gasteiger charge is -2.09. The van der Waals surface area contributed by atoms with Crippen molar-refractivity contribution in [1.82, 2.24) is 4.98 Å². The van der Waals surface area contributed by atoms with Crippen molar-refractivity contribution in [3.63, 3.8) is 0 Å². The fourth-order valence-corrected chi connectivity index (χ4v) is 2.50. The van der Waals surface area contributed by atoms with Crippen LogP contribution >= 0.6 is 11.6 Å². The Morgan fingerprint density at radius 1 is 1.04 bits per heavy atom. The van der Waals surface area contributed by atoms with Crippen LogP contribution in [0.4, 0.5) is 17.1 Å². The second kappa shape index (κ2) is 8.36. The standard InChI is InChI=1S/C20H18ClN3O2/c1-2-26-16-10-7-14(8-11-16)23-15-9-12-19(22-13-15)20(25)24-18-6-4-3-5-17(18)21/h3-13,23H,2H2,1H3,(H,24,25). The molecule has 5 nitrogen and oxygen atoms in total. The Labute approximate surface area is 157 Å². The largest absolute Gasteiger partial charge is 0.494 e. The van der Waals surface area contributed by atoms with Crippen molar-refractivity contribution in [3.8, 4) is 5.75 Å². The maximum absolute atomic E-state index is 12.3. The molecule has 0 aliphatic carbocycles. The second-order valence-corrected chi connectivity index (χ2v) is 5.86. The van der Waals surface area contributed by atoms with Crippen molar-refractivity contribution in [1.29, 1.82) is 0 Å². The van der Waals surface area contributed by atoms with E-state index in [9.17, 15) is 4.79 Å². The molecule has 2 aromatic carbocycles. The number of anilines is 3. The Morgan fingerprint density at radius 2 is 1.77 bits per heavy atom. The molecule has 2 N–H and O–H groups in total. The first-order chi connectivity index (χ1) is 12.7. The molecule has 1 aromatic heterocycles. The third-order valence-corrected chi connectivity index (χ3v) is 3.90. The highest BCUT2D eigenvalue weighted by atomic mass is 35.5. The van der Waals surface area contributed by atoms with Crippen molar-refractivity contribution >= 4 is 34.6 Å². The van der Waals surface area contributed by atoms with E-state index < -0.39 is 0 Å². The predicted octanol–water partition coefficient (Wildman–Crippen LogP) is 5.13. The van der Waals surface area contributed by atoms with E-state index in [4.69, 9.17) is 16.3 Å². The zero-order valence-corrected chi connectivity index (χ0v) is 15.0. The number of rotatable bonds is 6. The molecular weight excluding hydrogens is 350 g/mol. The van der Waals surface area contributed by atoms with Crippen LogP contribution in [0.1, 0.15) is 17.4 Å². The molecule has 0 atom stereocenters. The van der Waals surface area contributed by atoms with Gasteiger partial charge < -0.3 is 15.4 Å². The molecule has 0 spiro atoms. The molecule has 1 heterocycles. The normalized spacial score (nSPS) is 10.2. The monoisotopic (exact) mass is 367 g/mol. The zero-order chi connectivity index (χ0) is 18.4. The first-order valence-corrected chi connectivity index (χ1v) is 8.55. The van der Waals surface area contributed by atoms with E-state index in [1.807, 2.05) is 31.2 Å². The van der Waals surface area contributed by atoms with Gasteiger partial charge in [-0.25, -0.2) is 4.98 Å². The van der Waals surface area contributed by atoms with Gasteiger partial charge in [0.05, 0.1) is 29.2 Å². The fraction of sp³-hybridized carbons (Fsp3) is 0.100. The smallest absolute Gasteiger partial charge is 0.274 e. The zero-order valence-electron chi connectivity index (χ0n) is 14.2. The predicted molar refractivity (Wildman–Crippen MR) is 105 cm³/mol. The summed E-state index contributed by atoms with van der Waals surface area (Å²) in [5.74, 6) is 0.508. The van der Waals surface area contributed by atoms with Crippen molar-refractivity contribution < 1.29 is 9.53 Å². The summed E-state index contributed by atoms with van der Waals surface area (Å²) in [7, 11) is 0. The van der Waals surface area contributed by atoms with Gasteiger partial charge in [-0.3, -0.25) is 4.79 Å². The summed E-state index contributed by atoms with van der Waals surface area (Å²) in [5, 5.41) is 6.45. The topological polar surface area (TPSA) is 63.2 Å². The Morgan fingerprint density at radius 3 is 2.42 bits per heavy atom. The molecule has 0 unspecified atom stereocenters. The summed E-state index contributed by atoms with van der Waals surface area (Å²) < 4.78 is 5.42. The Balaban J connectivity index is 1.64. The molecular formula is C20H18ClN3O2. The number of nitrogens with zero attached hydrogens (tertiary/aromatic N) is 1. The van der Waals surface area contributed by atoms with Gasteiger partial charge in [-0.05, 0) is 55.5 Å². The van der Waals surface area contributed by atoms with Gasteiger partial charge in [0.2, 0.25) is 0 Å². The molecule has 0 saturated heterocycles. The van der Waals surface area contributed by atoms with Gasteiger partial charge in [-0.2, -0.15) is 0 Å². The number of pyridine rings is 1. The lowest BCUT2D eigenvalue weighted by Crippen LogP contribution is -2.13. The van der Waals surface area contributed by atoms with E-state index in [0.717, 1.165) is 17.1 Å². The van der Waals surface area contributed by atoms with E-state index in [1.54, 1.807) is 42.6 Å². The van der Waals surface area contributed by atoms with Crippen molar-refractivity contribution in [2.24, 2.45) is 0 Å². The molecule has 0 aliphatic rings. The average Bonchev–Trinajstić information content (AvgIpc) is 2.66. The summed E-state index contributed by atoms with van der Waals surface area (Å²) in [6, 6.07) is 18.1. The Kier molecular flexibility index (Phi) is 5.71. The minimum atomic E-state index is -0.314. The van der Waals surface area contributed by atoms with E-state index in [-0.39, 0.29) is 5.91 Å². The lowest BCUT2D eigenvalue weighted by molar-refractivity contribution is 0.102. The van der Waals surface area contributed by atoms with Gasteiger partial charge in [0.25, 0.3) is 5.91 Å². The minimum Gasteiger partial charge on any atom is -0.494 e. The number of carbonyl (C=O) groups excluding carboxylic acids is 1. The SMILES string of the molecule is CCOc1ccc(Nc2ccc(C(=O)Nc3ccccc3Cl)nc2)cc1. The summed E-state index contributed by atoms with van der Waals surface area (Å²) in [6.07, 6.45) is 1.61. The number of halogens is 1. The maximum atomic E-state index is 12.3. The highest BCUT2D eigenvalue weighted by Gasteiger charge is 2.09. The highest BCUT2D eigenvalue weighted by molar-refractivity contribution is 6.33.